The number of carbonyl (C=O) groups is 1. The van der Waals surface area contributed by atoms with Gasteiger partial charge in [-0.15, -0.1) is 0 Å². The van der Waals surface area contributed by atoms with Crippen molar-refractivity contribution in [3.05, 3.63) is 29.1 Å². The van der Waals surface area contributed by atoms with Crippen molar-refractivity contribution in [3.63, 3.8) is 0 Å². The second kappa shape index (κ2) is 7.51. The van der Waals surface area contributed by atoms with E-state index in [2.05, 4.69) is 24.2 Å². The Morgan fingerprint density at radius 3 is 2.79 bits per heavy atom. The number of aromatic nitrogens is 2. The second-order valence-electron chi connectivity index (χ2n) is 7.14. The quantitative estimate of drug-likeness (QED) is 0.780. The van der Waals surface area contributed by atoms with Gasteiger partial charge in [-0.1, -0.05) is 12.2 Å². The van der Waals surface area contributed by atoms with Gasteiger partial charge >= 0.3 is 0 Å². The van der Waals surface area contributed by atoms with E-state index in [1.807, 2.05) is 23.6 Å². The van der Waals surface area contributed by atoms with Gasteiger partial charge in [-0.05, 0) is 51.9 Å². The Kier molecular flexibility index (Phi) is 5.39. The molecule has 24 heavy (non-hydrogen) atoms. The van der Waals surface area contributed by atoms with Crippen LogP contribution in [0.4, 0.5) is 0 Å². The maximum atomic E-state index is 13.0. The Hall–Kier alpha value is -1.62. The highest BCUT2D eigenvalue weighted by Crippen LogP contribution is 2.24. The third-order valence-corrected chi connectivity index (χ3v) is 5.38. The van der Waals surface area contributed by atoms with Crippen molar-refractivity contribution in [2.24, 2.45) is 13.0 Å². The first-order valence-electron chi connectivity index (χ1n) is 9.10. The molecule has 1 saturated heterocycles. The van der Waals surface area contributed by atoms with E-state index in [0.717, 1.165) is 50.0 Å². The summed E-state index contributed by atoms with van der Waals surface area (Å²) in [5.41, 5.74) is 3.33. The minimum absolute atomic E-state index is 0.157. The first-order valence-corrected chi connectivity index (χ1v) is 9.10. The van der Waals surface area contributed by atoms with Gasteiger partial charge in [0.2, 0.25) is 0 Å². The van der Waals surface area contributed by atoms with Crippen molar-refractivity contribution in [1.82, 2.24) is 14.7 Å². The lowest BCUT2D eigenvalue weighted by Crippen LogP contribution is -2.41. The predicted octanol–water partition coefficient (Wildman–Crippen LogP) is 2.90. The summed E-state index contributed by atoms with van der Waals surface area (Å²) in [4.78, 5) is 15.0. The zero-order valence-corrected chi connectivity index (χ0v) is 15.1. The first kappa shape index (κ1) is 17.2. The van der Waals surface area contributed by atoms with Gasteiger partial charge < -0.3 is 9.64 Å². The van der Waals surface area contributed by atoms with Crippen molar-refractivity contribution < 1.29 is 9.53 Å². The third-order valence-electron chi connectivity index (χ3n) is 5.38. The molecule has 2 aliphatic rings. The van der Waals surface area contributed by atoms with Gasteiger partial charge in [-0.2, -0.15) is 5.10 Å². The molecule has 1 amide bonds. The molecule has 5 nitrogen and oxygen atoms in total. The summed E-state index contributed by atoms with van der Waals surface area (Å²) in [7, 11) is 1.96. The Bertz CT molecular complexity index is 614. The van der Waals surface area contributed by atoms with Gasteiger partial charge in [0.1, 0.15) is 6.10 Å². The highest BCUT2D eigenvalue weighted by Gasteiger charge is 2.30. The van der Waals surface area contributed by atoms with Crippen LogP contribution in [0.25, 0.3) is 0 Å². The van der Waals surface area contributed by atoms with E-state index in [4.69, 9.17) is 4.74 Å². The number of hydrogen-bond donors (Lipinski definition) is 0. The fraction of sp³-hybridized carbons (Fsp3) is 0.684. The number of amides is 1. The fourth-order valence-corrected chi connectivity index (χ4v) is 3.78. The summed E-state index contributed by atoms with van der Waals surface area (Å²) in [6.45, 7) is 6.27. The lowest BCUT2D eigenvalue weighted by Gasteiger charge is -2.30. The Morgan fingerprint density at radius 1 is 1.38 bits per heavy atom. The first-order chi connectivity index (χ1) is 11.6. The molecule has 1 aliphatic carbocycles. The molecule has 0 radical (unpaired) electrons. The summed E-state index contributed by atoms with van der Waals surface area (Å²) in [6, 6.07) is 0. The van der Waals surface area contributed by atoms with E-state index in [1.165, 1.54) is 5.56 Å². The average Bonchev–Trinajstić information content (AvgIpc) is 3.19. The number of carbonyl (C=O) groups excluding carboxylic acids is 1. The van der Waals surface area contributed by atoms with Crippen LogP contribution in [0.2, 0.25) is 0 Å². The number of hydrogen-bond acceptors (Lipinski definition) is 3. The van der Waals surface area contributed by atoms with Crippen LogP contribution >= 0.6 is 0 Å². The van der Waals surface area contributed by atoms with Gasteiger partial charge in [0.25, 0.3) is 5.91 Å². The molecule has 0 unspecified atom stereocenters. The van der Waals surface area contributed by atoms with Crippen molar-refractivity contribution >= 4 is 5.91 Å². The van der Waals surface area contributed by atoms with Gasteiger partial charge in [-0.25, -0.2) is 0 Å². The van der Waals surface area contributed by atoms with Crippen LogP contribution in [0.15, 0.2) is 12.2 Å². The molecule has 3 rings (SSSR count). The summed E-state index contributed by atoms with van der Waals surface area (Å²) < 4.78 is 7.57. The maximum Gasteiger partial charge on any atom is 0.252 e. The molecule has 132 valence electrons. The van der Waals surface area contributed by atoms with E-state index in [9.17, 15) is 4.79 Å². The largest absolute Gasteiger partial charge is 0.368 e. The monoisotopic (exact) mass is 331 g/mol. The van der Waals surface area contributed by atoms with Crippen LogP contribution in [-0.4, -0.2) is 39.8 Å². The minimum Gasteiger partial charge on any atom is -0.368 e. The van der Waals surface area contributed by atoms with E-state index in [-0.39, 0.29) is 12.0 Å². The number of nitrogens with zero attached hydrogens (tertiary/aromatic N) is 3. The topological polar surface area (TPSA) is 47.4 Å². The molecule has 0 bridgehead atoms. The summed E-state index contributed by atoms with van der Waals surface area (Å²) in [6.07, 6.45) is 9.45. The van der Waals surface area contributed by atoms with Crippen LogP contribution < -0.4 is 0 Å². The van der Waals surface area contributed by atoms with Gasteiger partial charge in [0, 0.05) is 38.0 Å². The molecular weight excluding hydrogens is 302 g/mol. The number of rotatable bonds is 5. The summed E-state index contributed by atoms with van der Waals surface area (Å²) in [5.74, 6) is 0.711. The normalized spacial score (nSPS) is 23.6. The third kappa shape index (κ3) is 3.72. The number of allylic oxidation sites excluding steroid dienone is 2. The molecular formula is C19H29N3O2. The molecule has 1 fully saturated rings. The minimum atomic E-state index is -0.249. The smallest absolute Gasteiger partial charge is 0.252 e. The van der Waals surface area contributed by atoms with Crippen molar-refractivity contribution in [2.75, 3.05) is 13.2 Å². The van der Waals surface area contributed by atoms with Crippen LogP contribution in [-0.2, 0) is 23.1 Å². The fourth-order valence-electron chi connectivity index (χ4n) is 3.78. The Morgan fingerprint density at radius 2 is 2.21 bits per heavy atom. The molecule has 1 aromatic heterocycles. The molecule has 0 spiro atoms. The predicted molar refractivity (Wildman–Crippen MR) is 93.6 cm³/mol. The van der Waals surface area contributed by atoms with Gasteiger partial charge in [0.05, 0.1) is 5.69 Å². The molecule has 2 atom stereocenters. The van der Waals surface area contributed by atoms with Crippen LogP contribution in [0.3, 0.4) is 0 Å². The van der Waals surface area contributed by atoms with Crippen LogP contribution in [0.1, 0.15) is 49.1 Å². The Labute approximate surface area is 144 Å². The zero-order valence-electron chi connectivity index (χ0n) is 15.1. The van der Waals surface area contributed by atoms with Gasteiger partial charge in [-0.3, -0.25) is 9.48 Å². The molecule has 0 aromatic carbocycles. The molecule has 2 heterocycles. The summed E-state index contributed by atoms with van der Waals surface area (Å²) >= 11 is 0. The van der Waals surface area contributed by atoms with E-state index >= 15 is 0 Å². The molecule has 1 aliphatic heterocycles. The lowest BCUT2D eigenvalue weighted by atomic mass is 9.93. The molecule has 1 aromatic rings. The van der Waals surface area contributed by atoms with E-state index < -0.39 is 0 Å². The second-order valence-corrected chi connectivity index (χ2v) is 7.14. The number of ether oxygens (including phenoxy) is 1. The number of aryl methyl sites for hydroxylation is 2. The zero-order chi connectivity index (χ0) is 17.1. The summed E-state index contributed by atoms with van der Waals surface area (Å²) in [5, 5.41) is 4.50. The lowest BCUT2D eigenvalue weighted by molar-refractivity contribution is -0.142. The molecule has 0 N–H and O–H groups in total. The molecule has 5 heteroatoms. The van der Waals surface area contributed by atoms with Crippen LogP contribution in [0.5, 0.6) is 0 Å². The maximum absolute atomic E-state index is 13.0. The SMILES string of the molecule is Cc1nn(C)c(C)c1CN(C[C@@H]1CC=CCC1)C(=O)[C@@H]1CCCO1. The van der Waals surface area contributed by atoms with Crippen LogP contribution in [0, 0.1) is 19.8 Å². The highest BCUT2D eigenvalue weighted by molar-refractivity contribution is 5.81. The van der Waals surface area contributed by atoms with E-state index in [1.54, 1.807) is 0 Å². The standard InChI is InChI=1S/C19H29N3O2/c1-14-17(15(2)21(3)20-14)13-22(12-16-8-5-4-6-9-16)19(23)18-10-7-11-24-18/h4-5,16,18H,6-13H2,1-3H3/t16-,18+/m1/s1. The average molecular weight is 331 g/mol. The molecule has 0 saturated carbocycles. The van der Waals surface area contributed by atoms with Gasteiger partial charge in [0.15, 0.2) is 0 Å². The Balaban J connectivity index is 1.77. The van der Waals surface area contributed by atoms with E-state index in [0.29, 0.717) is 19.1 Å². The highest BCUT2D eigenvalue weighted by atomic mass is 16.5. The van der Waals surface area contributed by atoms with Crippen molar-refractivity contribution in [2.45, 2.75) is 58.6 Å². The van der Waals surface area contributed by atoms with Crippen molar-refractivity contribution in [1.29, 1.82) is 0 Å². The van der Waals surface area contributed by atoms with Crippen molar-refractivity contribution in [3.8, 4) is 0 Å².